The predicted octanol–water partition coefficient (Wildman–Crippen LogP) is 2.75. The number of carbonyl (C=O) groups is 1. The van der Waals surface area contributed by atoms with Crippen molar-refractivity contribution < 1.29 is 22.1 Å². The molecule has 1 aliphatic carbocycles. The van der Waals surface area contributed by atoms with Crippen LogP contribution in [-0.4, -0.2) is 34.5 Å². The summed E-state index contributed by atoms with van der Waals surface area (Å²) in [5.74, 6) is 0. The first-order valence-electron chi connectivity index (χ1n) is 8.73. The number of aryl methyl sites for hydroxylation is 2. The lowest BCUT2D eigenvalue weighted by Crippen LogP contribution is -2.48. The van der Waals surface area contributed by atoms with Gasteiger partial charge in [-0.1, -0.05) is 48.5 Å². The second kappa shape index (κ2) is 7.70. The van der Waals surface area contributed by atoms with Gasteiger partial charge < -0.3 is 10.1 Å². The predicted molar refractivity (Wildman–Crippen MR) is 102 cm³/mol. The van der Waals surface area contributed by atoms with Crippen molar-refractivity contribution in [3.8, 4) is 0 Å². The summed E-state index contributed by atoms with van der Waals surface area (Å²) in [5.41, 5.74) is 3.12. The van der Waals surface area contributed by atoms with E-state index in [0.717, 1.165) is 41.4 Å². The van der Waals surface area contributed by atoms with Gasteiger partial charge in [-0.15, -0.1) is 0 Å². The van der Waals surface area contributed by atoms with Gasteiger partial charge >= 0.3 is 6.09 Å². The minimum atomic E-state index is -3.59. The second-order valence-electron chi connectivity index (χ2n) is 6.61. The molecule has 0 heterocycles. The Morgan fingerprint density at radius 1 is 1.04 bits per heavy atom. The molecule has 1 amide bonds. The van der Waals surface area contributed by atoms with Gasteiger partial charge in [0.2, 0.25) is 0 Å². The molecule has 2 aromatic carbocycles. The molecule has 6 nitrogen and oxygen atoms in total. The van der Waals surface area contributed by atoms with Crippen LogP contribution in [0.1, 0.15) is 28.7 Å². The number of nitrogens with one attached hydrogen (secondary N) is 1. The summed E-state index contributed by atoms with van der Waals surface area (Å²) >= 11 is 0. The molecule has 0 atom stereocenters. The van der Waals surface area contributed by atoms with Crippen LogP contribution >= 0.6 is 0 Å². The monoisotopic (exact) mass is 389 g/mol. The van der Waals surface area contributed by atoms with Crippen molar-refractivity contribution in [1.29, 1.82) is 0 Å². The quantitative estimate of drug-likeness (QED) is 0.795. The summed E-state index contributed by atoms with van der Waals surface area (Å²) in [6.45, 7) is -0.0640. The fourth-order valence-corrected chi connectivity index (χ4v) is 4.15. The van der Waals surface area contributed by atoms with Gasteiger partial charge in [0.15, 0.2) is 0 Å². The molecule has 2 aromatic rings. The number of hydrogen-bond donors (Lipinski definition) is 1. The normalized spacial score (nSPS) is 15.2. The maximum Gasteiger partial charge on any atom is 0.407 e. The molecule has 0 spiro atoms. The van der Waals surface area contributed by atoms with E-state index in [1.165, 1.54) is 7.11 Å². The van der Waals surface area contributed by atoms with Crippen molar-refractivity contribution in [3.05, 3.63) is 70.8 Å². The Morgan fingerprint density at radius 2 is 1.56 bits per heavy atom. The lowest BCUT2D eigenvalue weighted by molar-refractivity contribution is 0.154. The second-order valence-corrected chi connectivity index (χ2v) is 8.26. The molecule has 0 radical (unpaired) electrons. The van der Waals surface area contributed by atoms with Gasteiger partial charge in [-0.05, 0) is 35.1 Å². The van der Waals surface area contributed by atoms with Crippen molar-refractivity contribution >= 4 is 16.2 Å². The van der Waals surface area contributed by atoms with E-state index in [9.17, 15) is 13.2 Å². The summed E-state index contributed by atoms with van der Waals surface area (Å²) < 4.78 is 32.9. The zero-order chi connectivity index (χ0) is 19.5. The molecule has 1 aliphatic rings. The fraction of sp³-hybridized carbons (Fsp3) is 0.350. The van der Waals surface area contributed by atoms with E-state index in [1.54, 1.807) is 0 Å². The van der Waals surface area contributed by atoms with Crippen molar-refractivity contribution in [2.24, 2.45) is 0 Å². The zero-order valence-corrected chi connectivity index (χ0v) is 16.2. The SMILES string of the molecule is COC(=O)NC1(CCOS(C)(=O)=O)c2ccccc2CCc2ccccc21. The van der Waals surface area contributed by atoms with Crippen LogP contribution in [0.4, 0.5) is 4.79 Å². The third-order valence-electron chi connectivity index (χ3n) is 4.89. The number of fused-ring (bicyclic) bond motifs is 2. The topological polar surface area (TPSA) is 81.7 Å². The maximum absolute atomic E-state index is 12.3. The van der Waals surface area contributed by atoms with Crippen molar-refractivity contribution in [2.45, 2.75) is 24.8 Å². The molecule has 0 saturated carbocycles. The van der Waals surface area contributed by atoms with Crippen molar-refractivity contribution in [1.82, 2.24) is 5.32 Å². The van der Waals surface area contributed by atoms with Crippen LogP contribution in [0.3, 0.4) is 0 Å². The van der Waals surface area contributed by atoms with Gasteiger partial charge in [0.1, 0.15) is 0 Å². The number of ether oxygens (including phenoxy) is 1. The first kappa shape index (κ1) is 19.4. The lowest BCUT2D eigenvalue weighted by Gasteiger charge is -2.36. The third-order valence-corrected chi connectivity index (χ3v) is 5.49. The average Bonchev–Trinajstić information content (AvgIpc) is 2.77. The molecular formula is C20H23NO5S. The standard InChI is InChI=1S/C20H23NO5S/c1-25-19(22)21-20(13-14-26-27(2,23)24)17-9-5-3-7-15(17)11-12-16-8-4-6-10-18(16)20/h3-10H,11-14H2,1-2H3,(H,21,22). The van der Waals surface area contributed by atoms with Crippen LogP contribution in [-0.2, 0) is 37.4 Å². The molecule has 0 aromatic heterocycles. The maximum atomic E-state index is 12.3. The molecule has 0 fully saturated rings. The zero-order valence-electron chi connectivity index (χ0n) is 15.4. The Labute approximate surface area is 159 Å². The highest BCUT2D eigenvalue weighted by molar-refractivity contribution is 7.85. The van der Waals surface area contributed by atoms with Crippen molar-refractivity contribution in [3.63, 3.8) is 0 Å². The fourth-order valence-electron chi connectivity index (χ4n) is 3.76. The molecule has 7 heteroatoms. The number of hydrogen-bond acceptors (Lipinski definition) is 5. The van der Waals surface area contributed by atoms with E-state index in [1.807, 2.05) is 48.5 Å². The first-order chi connectivity index (χ1) is 12.9. The molecule has 144 valence electrons. The minimum absolute atomic E-state index is 0.0640. The van der Waals surface area contributed by atoms with Gasteiger partial charge in [0.05, 0.1) is 25.5 Å². The lowest BCUT2D eigenvalue weighted by atomic mass is 9.78. The van der Waals surface area contributed by atoms with Crippen LogP contribution in [0.15, 0.2) is 48.5 Å². The molecule has 0 unspecified atom stereocenters. The molecule has 0 aliphatic heterocycles. The van der Waals surface area contributed by atoms with Gasteiger partial charge in [-0.3, -0.25) is 4.18 Å². The van der Waals surface area contributed by atoms with E-state index in [2.05, 4.69) is 5.32 Å². The minimum Gasteiger partial charge on any atom is -0.453 e. The largest absolute Gasteiger partial charge is 0.453 e. The number of alkyl carbamates (subject to hydrolysis) is 1. The number of carbonyl (C=O) groups excluding carboxylic acids is 1. The molecule has 0 saturated heterocycles. The van der Waals surface area contributed by atoms with Crippen molar-refractivity contribution in [2.75, 3.05) is 20.0 Å². The molecule has 27 heavy (non-hydrogen) atoms. The van der Waals surface area contributed by atoms with E-state index in [0.29, 0.717) is 0 Å². The van der Waals surface area contributed by atoms with Crippen LogP contribution in [0.2, 0.25) is 0 Å². The van der Waals surface area contributed by atoms with E-state index in [4.69, 9.17) is 8.92 Å². The number of methoxy groups -OCH3 is 1. The van der Waals surface area contributed by atoms with Crippen LogP contribution in [0, 0.1) is 0 Å². The highest BCUT2D eigenvalue weighted by Crippen LogP contribution is 2.40. The average molecular weight is 389 g/mol. The Morgan fingerprint density at radius 3 is 2.04 bits per heavy atom. The third kappa shape index (κ3) is 4.14. The summed E-state index contributed by atoms with van der Waals surface area (Å²) in [6.07, 6.45) is 2.34. The first-order valence-corrected chi connectivity index (χ1v) is 10.5. The van der Waals surface area contributed by atoms with Gasteiger partial charge in [0.25, 0.3) is 10.1 Å². The summed E-state index contributed by atoms with van der Waals surface area (Å²) in [4.78, 5) is 12.3. The summed E-state index contributed by atoms with van der Waals surface area (Å²) in [5, 5.41) is 2.98. The Hall–Kier alpha value is -2.38. The van der Waals surface area contributed by atoms with Crippen LogP contribution in [0.25, 0.3) is 0 Å². The molecular weight excluding hydrogens is 366 g/mol. The number of benzene rings is 2. The molecule has 0 bridgehead atoms. The molecule has 3 rings (SSSR count). The van der Waals surface area contributed by atoms with Crippen LogP contribution < -0.4 is 5.32 Å². The summed E-state index contributed by atoms with van der Waals surface area (Å²) in [6, 6.07) is 15.8. The Kier molecular flexibility index (Phi) is 5.53. The van der Waals surface area contributed by atoms with E-state index in [-0.39, 0.29) is 13.0 Å². The Bertz CT molecular complexity index is 891. The van der Waals surface area contributed by atoms with Gasteiger partial charge in [0, 0.05) is 6.42 Å². The molecule has 1 N–H and O–H groups in total. The highest BCUT2D eigenvalue weighted by atomic mass is 32.2. The number of rotatable bonds is 5. The van der Waals surface area contributed by atoms with E-state index >= 15 is 0 Å². The summed E-state index contributed by atoms with van der Waals surface area (Å²) in [7, 11) is -2.28. The van der Waals surface area contributed by atoms with E-state index < -0.39 is 21.8 Å². The smallest absolute Gasteiger partial charge is 0.407 e. The van der Waals surface area contributed by atoms with Crippen LogP contribution in [0.5, 0.6) is 0 Å². The van der Waals surface area contributed by atoms with Gasteiger partial charge in [-0.2, -0.15) is 8.42 Å². The Balaban J connectivity index is 2.17. The number of amides is 1. The highest BCUT2D eigenvalue weighted by Gasteiger charge is 2.40. The van der Waals surface area contributed by atoms with Gasteiger partial charge in [-0.25, -0.2) is 4.79 Å².